The third kappa shape index (κ3) is 2.62. The number of Topliss-reactive ketones (excluding diaryl/α,β-unsaturated/α-hetero) is 1. The lowest BCUT2D eigenvalue weighted by Gasteiger charge is -2.44. The second-order valence-corrected chi connectivity index (χ2v) is 6.07. The van der Waals surface area contributed by atoms with Gasteiger partial charge >= 0.3 is 0 Å². The molecule has 0 radical (unpaired) electrons. The summed E-state index contributed by atoms with van der Waals surface area (Å²) in [5.41, 5.74) is -0.0300. The van der Waals surface area contributed by atoms with Crippen LogP contribution in [0.15, 0.2) is 12.1 Å². The Morgan fingerprint density at radius 1 is 1.22 bits per heavy atom. The van der Waals surface area contributed by atoms with Gasteiger partial charge < -0.3 is 19.1 Å². The summed E-state index contributed by atoms with van der Waals surface area (Å²) in [4.78, 5) is 25.9. The second kappa shape index (κ2) is 5.76. The van der Waals surface area contributed by atoms with E-state index in [9.17, 15) is 9.59 Å². The van der Waals surface area contributed by atoms with Crippen LogP contribution in [0.4, 0.5) is 0 Å². The molecular weight excluding hydrogens is 298 g/mol. The van der Waals surface area contributed by atoms with Crippen LogP contribution in [0.1, 0.15) is 36.5 Å². The molecule has 0 bridgehead atoms. The van der Waals surface area contributed by atoms with Crippen molar-refractivity contribution in [1.82, 2.24) is 4.90 Å². The van der Waals surface area contributed by atoms with Crippen LogP contribution in [0.2, 0.25) is 0 Å². The largest absolute Gasteiger partial charge is 0.493 e. The van der Waals surface area contributed by atoms with Crippen LogP contribution in [0.25, 0.3) is 0 Å². The third-order valence-electron chi connectivity index (χ3n) is 4.72. The average molecular weight is 319 g/mol. The zero-order valence-electron chi connectivity index (χ0n) is 13.7. The minimum Gasteiger partial charge on any atom is -0.493 e. The van der Waals surface area contributed by atoms with E-state index in [-0.39, 0.29) is 11.7 Å². The third-order valence-corrected chi connectivity index (χ3v) is 4.72. The van der Waals surface area contributed by atoms with Crippen molar-refractivity contribution in [2.75, 3.05) is 27.3 Å². The first kappa shape index (κ1) is 15.6. The molecule has 1 aromatic rings. The number of carbonyl (C=O) groups excluding carboxylic acids is 2. The Kier molecular flexibility index (Phi) is 3.92. The van der Waals surface area contributed by atoms with Gasteiger partial charge in [0, 0.05) is 32.9 Å². The van der Waals surface area contributed by atoms with E-state index in [1.54, 1.807) is 31.1 Å². The number of carbonyl (C=O) groups is 2. The number of rotatable bonds is 2. The van der Waals surface area contributed by atoms with Gasteiger partial charge in [0.2, 0.25) is 11.7 Å². The van der Waals surface area contributed by atoms with Crippen molar-refractivity contribution in [3.05, 3.63) is 17.7 Å². The molecule has 1 saturated heterocycles. The quantitative estimate of drug-likeness (QED) is 0.835. The standard InChI is InChI=1S/C17H21NO5/c1-11(19)18-8-6-17(7-9-18)10-13(20)12-4-5-14(21-2)16(22-3)15(12)23-17/h4-5H,6-10H2,1-3H3. The van der Waals surface area contributed by atoms with Crippen molar-refractivity contribution < 1.29 is 23.8 Å². The van der Waals surface area contributed by atoms with Gasteiger partial charge in [-0.15, -0.1) is 0 Å². The molecule has 6 heteroatoms. The van der Waals surface area contributed by atoms with Crippen molar-refractivity contribution in [3.63, 3.8) is 0 Å². The zero-order valence-corrected chi connectivity index (χ0v) is 13.7. The van der Waals surface area contributed by atoms with Crippen LogP contribution in [0.5, 0.6) is 17.2 Å². The lowest BCUT2D eigenvalue weighted by Crippen LogP contribution is -2.52. The fourth-order valence-corrected chi connectivity index (χ4v) is 3.37. The summed E-state index contributed by atoms with van der Waals surface area (Å²) in [6, 6.07) is 3.44. The van der Waals surface area contributed by atoms with Crippen LogP contribution < -0.4 is 14.2 Å². The maximum absolute atomic E-state index is 12.6. The van der Waals surface area contributed by atoms with Gasteiger partial charge in [-0.2, -0.15) is 0 Å². The summed E-state index contributed by atoms with van der Waals surface area (Å²) in [5.74, 6) is 1.55. The molecule has 124 valence electrons. The smallest absolute Gasteiger partial charge is 0.219 e. The molecule has 3 rings (SSSR count). The molecule has 1 aromatic carbocycles. The monoisotopic (exact) mass is 319 g/mol. The highest BCUT2D eigenvalue weighted by molar-refractivity contribution is 6.01. The Hall–Kier alpha value is -2.24. The van der Waals surface area contributed by atoms with Gasteiger partial charge in [0.1, 0.15) is 5.60 Å². The molecule has 2 heterocycles. The van der Waals surface area contributed by atoms with Crippen LogP contribution in [0, 0.1) is 0 Å². The SMILES string of the molecule is COc1ccc2c(c1OC)OC1(CCN(C(C)=O)CC1)CC2=O. The molecule has 2 aliphatic rings. The van der Waals surface area contributed by atoms with Gasteiger partial charge in [0.25, 0.3) is 0 Å². The summed E-state index contributed by atoms with van der Waals surface area (Å²) in [5, 5.41) is 0. The van der Waals surface area contributed by atoms with E-state index in [1.165, 1.54) is 7.11 Å². The Bertz CT molecular complexity index is 647. The maximum atomic E-state index is 12.6. The molecule has 6 nitrogen and oxygen atoms in total. The number of benzene rings is 1. The Morgan fingerprint density at radius 3 is 2.48 bits per heavy atom. The van der Waals surface area contributed by atoms with Crippen molar-refractivity contribution in [2.24, 2.45) is 0 Å². The lowest BCUT2D eigenvalue weighted by molar-refractivity contribution is -0.132. The van der Waals surface area contributed by atoms with E-state index in [0.717, 1.165) is 0 Å². The molecule has 0 atom stereocenters. The van der Waals surface area contributed by atoms with Gasteiger partial charge in [-0.25, -0.2) is 0 Å². The highest BCUT2D eigenvalue weighted by Crippen LogP contribution is 2.47. The first-order valence-corrected chi connectivity index (χ1v) is 7.72. The fourth-order valence-electron chi connectivity index (χ4n) is 3.37. The summed E-state index contributed by atoms with van der Waals surface area (Å²) in [7, 11) is 3.08. The molecule has 0 unspecified atom stereocenters. The van der Waals surface area contributed by atoms with E-state index < -0.39 is 5.60 Å². The number of methoxy groups -OCH3 is 2. The average Bonchev–Trinajstić information content (AvgIpc) is 2.54. The van der Waals surface area contributed by atoms with E-state index >= 15 is 0 Å². The molecule has 1 amide bonds. The minimum atomic E-state index is -0.560. The first-order chi connectivity index (χ1) is 11.0. The maximum Gasteiger partial charge on any atom is 0.219 e. The van der Waals surface area contributed by atoms with Gasteiger partial charge in [-0.1, -0.05) is 0 Å². The number of nitrogens with zero attached hydrogens (tertiary/aromatic N) is 1. The van der Waals surface area contributed by atoms with E-state index in [0.29, 0.717) is 55.2 Å². The topological polar surface area (TPSA) is 65.1 Å². The summed E-state index contributed by atoms with van der Waals surface area (Å²) >= 11 is 0. The number of ketones is 1. The highest BCUT2D eigenvalue weighted by Gasteiger charge is 2.44. The van der Waals surface area contributed by atoms with E-state index in [2.05, 4.69) is 0 Å². The van der Waals surface area contributed by atoms with Gasteiger partial charge in [0.05, 0.1) is 26.2 Å². The fraction of sp³-hybridized carbons (Fsp3) is 0.529. The lowest BCUT2D eigenvalue weighted by atomic mass is 9.82. The molecule has 0 N–H and O–H groups in total. The Morgan fingerprint density at radius 2 is 1.91 bits per heavy atom. The Balaban J connectivity index is 1.94. The molecular formula is C17H21NO5. The van der Waals surface area contributed by atoms with Gasteiger partial charge in [0.15, 0.2) is 17.3 Å². The number of likely N-dealkylation sites (tertiary alicyclic amines) is 1. The normalized spacial score (nSPS) is 19.1. The molecule has 1 fully saturated rings. The number of amides is 1. The van der Waals surface area contributed by atoms with Crippen molar-refractivity contribution >= 4 is 11.7 Å². The zero-order chi connectivity index (χ0) is 16.6. The summed E-state index contributed by atoms with van der Waals surface area (Å²) in [6.45, 7) is 2.77. The number of ether oxygens (including phenoxy) is 3. The number of hydrogen-bond acceptors (Lipinski definition) is 5. The van der Waals surface area contributed by atoms with E-state index in [1.807, 2.05) is 0 Å². The van der Waals surface area contributed by atoms with Crippen LogP contribution >= 0.6 is 0 Å². The number of piperidine rings is 1. The van der Waals surface area contributed by atoms with Gasteiger partial charge in [-0.3, -0.25) is 9.59 Å². The van der Waals surface area contributed by atoms with Crippen molar-refractivity contribution in [1.29, 1.82) is 0 Å². The molecule has 0 aliphatic carbocycles. The predicted molar refractivity (Wildman–Crippen MR) is 83.3 cm³/mol. The van der Waals surface area contributed by atoms with Crippen LogP contribution in [-0.2, 0) is 4.79 Å². The predicted octanol–water partition coefficient (Wildman–Crippen LogP) is 2.05. The molecule has 0 saturated carbocycles. The van der Waals surface area contributed by atoms with Crippen LogP contribution in [-0.4, -0.2) is 49.5 Å². The van der Waals surface area contributed by atoms with Crippen LogP contribution in [0.3, 0.4) is 0 Å². The second-order valence-electron chi connectivity index (χ2n) is 6.07. The molecule has 0 aromatic heterocycles. The number of fused-ring (bicyclic) bond motifs is 1. The molecule has 23 heavy (non-hydrogen) atoms. The number of hydrogen-bond donors (Lipinski definition) is 0. The van der Waals surface area contributed by atoms with Gasteiger partial charge in [-0.05, 0) is 12.1 Å². The summed E-state index contributed by atoms with van der Waals surface area (Å²) in [6.07, 6.45) is 1.61. The highest BCUT2D eigenvalue weighted by atomic mass is 16.5. The van der Waals surface area contributed by atoms with Crippen molar-refractivity contribution in [2.45, 2.75) is 31.8 Å². The Labute approximate surface area is 135 Å². The summed E-state index contributed by atoms with van der Waals surface area (Å²) < 4.78 is 17.0. The molecule has 1 spiro atoms. The molecule has 2 aliphatic heterocycles. The first-order valence-electron chi connectivity index (χ1n) is 7.72. The van der Waals surface area contributed by atoms with Crippen molar-refractivity contribution in [3.8, 4) is 17.2 Å². The minimum absolute atomic E-state index is 0.0449. The van der Waals surface area contributed by atoms with E-state index in [4.69, 9.17) is 14.2 Å².